The molecule has 0 amide bonds. The molecule has 0 atom stereocenters. The smallest absolute Gasteiger partial charge is 0.136 e. The van der Waals surface area contributed by atoms with Gasteiger partial charge in [0.25, 0.3) is 0 Å². The number of furan rings is 1. The van der Waals surface area contributed by atoms with Crippen molar-refractivity contribution in [3.8, 4) is 22.4 Å². The first kappa shape index (κ1) is 20.5. The third-order valence-electron chi connectivity index (χ3n) is 7.12. The molecule has 2 heterocycles. The van der Waals surface area contributed by atoms with Crippen LogP contribution in [0.4, 0.5) is 0 Å². The number of nitrogens with zero attached hydrogens (tertiary/aromatic N) is 1. The van der Waals surface area contributed by atoms with Gasteiger partial charge in [-0.2, -0.15) is 0 Å². The highest BCUT2D eigenvalue weighted by atomic mass is 16.3. The van der Waals surface area contributed by atoms with E-state index in [2.05, 4.69) is 100 Å². The van der Waals surface area contributed by atoms with Crippen molar-refractivity contribution in [3.05, 3.63) is 90.1 Å². The summed E-state index contributed by atoms with van der Waals surface area (Å²) in [4.78, 5) is 4.69. The summed E-state index contributed by atoms with van der Waals surface area (Å²) in [5.74, 6) is 0. The Hall–Kier alpha value is -3.39. The fourth-order valence-electron chi connectivity index (χ4n) is 4.67. The van der Waals surface area contributed by atoms with Crippen LogP contribution in [0, 0.1) is 6.92 Å². The quantitative estimate of drug-likeness (QED) is 0.285. The predicted octanol–water partition coefficient (Wildman–Crippen LogP) is 8.70. The fourth-order valence-corrected chi connectivity index (χ4v) is 4.67. The number of aromatic nitrogens is 1. The summed E-state index contributed by atoms with van der Waals surface area (Å²) in [7, 11) is 0. The lowest BCUT2D eigenvalue weighted by Crippen LogP contribution is -2.19. The first-order chi connectivity index (χ1) is 15.5. The van der Waals surface area contributed by atoms with Gasteiger partial charge in [-0.3, -0.25) is 4.98 Å². The first-order valence-electron chi connectivity index (χ1n) is 11.5. The van der Waals surface area contributed by atoms with Crippen molar-refractivity contribution in [2.75, 3.05) is 0 Å². The monoisotopic (exact) mass is 419 g/mol. The maximum atomic E-state index is 6.37. The predicted molar refractivity (Wildman–Crippen MR) is 135 cm³/mol. The average Bonchev–Trinajstić information content (AvgIpc) is 3.21. The molecule has 0 aliphatic carbocycles. The van der Waals surface area contributed by atoms with Crippen LogP contribution in [0.3, 0.4) is 0 Å². The van der Waals surface area contributed by atoms with Crippen molar-refractivity contribution < 1.29 is 4.42 Å². The second-order valence-electron chi connectivity index (χ2n) is 9.06. The number of rotatable bonds is 5. The van der Waals surface area contributed by atoms with Gasteiger partial charge in [-0.1, -0.05) is 63.2 Å². The van der Waals surface area contributed by atoms with E-state index in [-0.39, 0.29) is 5.41 Å². The summed E-state index contributed by atoms with van der Waals surface area (Å²) in [6.07, 6.45) is 4.16. The highest BCUT2D eigenvalue weighted by molar-refractivity contribution is 6.13. The molecule has 5 aromatic rings. The van der Waals surface area contributed by atoms with E-state index in [1.54, 1.807) is 0 Å². The average molecular weight is 420 g/mol. The number of hydrogen-bond donors (Lipinski definition) is 0. The maximum absolute atomic E-state index is 6.37. The molecule has 0 saturated carbocycles. The van der Waals surface area contributed by atoms with Gasteiger partial charge >= 0.3 is 0 Å². The van der Waals surface area contributed by atoms with E-state index in [4.69, 9.17) is 9.40 Å². The van der Waals surface area contributed by atoms with Crippen LogP contribution in [0.5, 0.6) is 0 Å². The fraction of sp³-hybridized carbons (Fsp3) is 0.233. The van der Waals surface area contributed by atoms with Crippen LogP contribution < -0.4 is 0 Å². The molecule has 0 spiro atoms. The maximum Gasteiger partial charge on any atom is 0.136 e. The normalized spacial score (nSPS) is 12.0. The summed E-state index contributed by atoms with van der Waals surface area (Å²) >= 11 is 0. The zero-order chi connectivity index (χ0) is 22.3. The third-order valence-corrected chi connectivity index (χ3v) is 7.12. The van der Waals surface area contributed by atoms with Gasteiger partial charge in [0.2, 0.25) is 0 Å². The minimum atomic E-state index is 0.170. The van der Waals surface area contributed by atoms with Crippen LogP contribution >= 0.6 is 0 Å². The van der Waals surface area contributed by atoms with Gasteiger partial charge in [0.05, 0.1) is 5.69 Å². The van der Waals surface area contributed by atoms with Crippen LogP contribution in [-0.2, 0) is 5.41 Å². The third kappa shape index (κ3) is 3.40. The van der Waals surface area contributed by atoms with E-state index >= 15 is 0 Å². The van der Waals surface area contributed by atoms with E-state index in [1.165, 1.54) is 27.6 Å². The summed E-state index contributed by atoms with van der Waals surface area (Å²) in [6.45, 7) is 8.98. The molecule has 2 aromatic heterocycles. The molecule has 32 heavy (non-hydrogen) atoms. The van der Waals surface area contributed by atoms with Crippen molar-refractivity contribution in [3.63, 3.8) is 0 Å². The Bertz CT molecular complexity index is 1410. The van der Waals surface area contributed by atoms with Gasteiger partial charge < -0.3 is 4.42 Å². The van der Waals surface area contributed by atoms with Gasteiger partial charge in [0.1, 0.15) is 11.2 Å². The lowest BCUT2D eigenvalue weighted by atomic mass is 9.78. The summed E-state index contributed by atoms with van der Waals surface area (Å²) in [5.41, 5.74) is 9.06. The van der Waals surface area contributed by atoms with E-state index in [1.807, 2.05) is 6.20 Å². The van der Waals surface area contributed by atoms with Crippen molar-refractivity contribution in [2.24, 2.45) is 0 Å². The molecule has 0 aliphatic heterocycles. The summed E-state index contributed by atoms with van der Waals surface area (Å²) in [5, 5.41) is 2.32. The molecule has 5 rings (SSSR count). The van der Waals surface area contributed by atoms with Gasteiger partial charge in [-0.15, -0.1) is 0 Å². The summed E-state index contributed by atoms with van der Waals surface area (Å²) < 4.78 is 6.37. The molecule has 0 fully saturated rings. The number of fused-ring (bicyclic) bond motifs is 3. The largest absolute Gasteiger partial charge is 0.456 e. The van der Waals surface area contributed by atoms with Crippen LogP contribution in [0.2, 0.25) is 0 Å². The molecule has 2 nitrogen and oxygen atoms in total. The van der Waals surface area contributed by atoms with Crippen LogP contribution in [0.25, 0.3) is 44.3 Å². The standard InChI is InChI=1S/C30H29NO/c1-5-30(4,6-2)23-14-15-31-26(19-23)22-12-13-24-27(18-22)32-28-17-20(3)16-25(29(24)28)21-10-8-7-9-11-21/h7-19H,5-6H2,1-4H3. The lowest BCUT2D eigenvalue weighted by molar-refractivity contribution is 0.438. The Morgan fingerprint density at radius 3 is 2.34 bits per heavy atom. The Morgan fingerprint density at radius 1 is 0.812 bits per heavy atom. The zero-order valence-electron chi connectivity index (χ0n) is 19.3. The summed E-state index contributed by atoms with van der Waals surface area (Å²) in [6, 6.07) is 25.8. The SMILES string of the molecule is CCC(C)(CC)c1ccnc(-c2ccc3c(c2)oc2cc(C)cc(-c4ccccc4)c23)c1. The number of hydrogen-bond acceptors (Lipinski definition) is 2. The molecule has 3 aromatic carbocycles. The van der Waals surface area contributed by atoms with Gasteiger partial charge in [0.15, 0.2) is 0 Å². The topological polar surface area (TPSA) is 26.0 Å². The molecular formula is C30H29NO. The Labute approximate surface area is 189 Å². The molecule has 0 unspecified atom stereocenters. The van der Waals surface area contributed by atoms with E-state index in [0.29, 0.717) is 0 Å². The highest BCUT2D eigenvalue weighted by Crippen LogP contribution is 2.39. The van der Waals surface area contributed by atoms with Crippen LogP contribution in [0.15, 0.2) is 83.4 Å². The minimum Gasteiger partial charge on any atom is -0.456 e. The molecule has 2 heteroatoms. The van der Waals surface area contributed by atoms with Crippen molar-refractivity contribution >= 4 is 21.9 Å². The number of pyridine rings is 1. The van der Waals surface area contributed by atoms with Crippen molar-refractivity contribution in [2.45, 2.75) is 46.0 Å². The van der Waals surface area contributed by atoms with Crippen LogP contribution in [-0.4, -0.2) is 4.98 Å². The Balaban J connectivity index is 1.67. The van der Waals surface area contributed by atoms with E-state index in [0.717, 1.165) is 40.7 Å². The first-order valence-corrected chi connectivity index (χ1v) is 11.5. The molecule has 0 N–H and O–H groups in total. The number of benzene rings is 3. The van der Waals surface area contributed by atoms with Crippen molar-refractivity contribution in [1.82, 2.24) is 4.98 Å². The second kappa shape index (κ2) is 7.94. The van der Waals surface area contributed by atoms with Crippen molar-refractivity contribution in [1.29, 1.82) is 0 Å². The van der Waals surface area contributed by atoms with Gasteiger partial charge in [0, 0.05) is 22.5 Å². The van der Waals surface area contributed by atoms with Crippen LogP contribution in [0.1, 0.15) is 44.7 Å². The van der Waals surface area contributed by atoms with Gasteiger partial charge in [-0.25, -0.2) is 0 Å². The zero-order valence-corrected chi connectivity index (χ0v) is 19.3. The van der Waals surface area contributed by atoms with Gasteiger partial charge in [-0.05, 0) is 77.8 Å². The second-order valence-corrected chi connectivity index (χ2v) is 9.06. The Kier molecular flexibility index (Phi) is 5.09. The molecule has 0 aliphatic rings. The van der Waals surface area contributed by atoms with E-state index < -0.39 is 0 Å². The molecule has 0 bridgehead atoms. The lowest BCUT2D eigenvalue weighted by Gasteiger charge is -2.27. The molecular weight excluding hydrogens is 390 g/mol. The highest BCUT2D eigenvalue weighted by Gasteiger charge is 2.23. The van der Waals surface area contributed by atoms with E-state index in [9.17, 15) is 0 Å². The minimum absolute atomic E-state index is 0.170. The molecule has 160 valence electrons. The molecule has 0 radical (unpaired) electrons. The molecule has 0 saturated heterocycles. The Morgan fingerprint density at radius 2 is 1.59 bits per heavy atom. The number of aryl methyl sites for hydroxylation is 1.